The molecule has 0 spiro atoms. The Bertz CT molecular complexity index is 437. The van der Waals surface area contributed by atoms with Gasteiger partial charge in [-0.1, -0.05) is 110 Å². The molecule has 2 nitrogen and oxygen atoms in total. The third-order valence-electron chi connectivity index (χ3n) is 5.28. The largest absolute Gasteiger partial charge is 0.496 e. The Kier molecular flexibility index (Phi) is 13.1. The molecular formula is C24H42Br2O2. The summed E-state index contributed by atoms with van der Waals surface area (Å²) in [5, 5.41) is 0. The lowest BCUT2D eigenvalue weighted by Gasteiger charge is -2.35. The van der Waals surface area contributed by atoms with Crippen LogP contribution in [0.15, 0.2) is 23.7 Å². The molecule has 1 aliphatic carbocycles. The van der Waals surface area contributed by atoms with Crippen molar-refractivity contribution in [1.29, 1.82) is 0 Å². The normalized spacial score (nSPS) is 24.6. The fraction of sp³-hybridized carbons (Fsp3) is 0.833. The molecule has 0 aliphatic heterocycles. The van der Waals surface area contributed by atoms with Crippen LogP contribution in [0.1, 0.15) is 105 Å². The minimum atomic E-state index is -0.307. The van der Waals surface area contributed by atoms with Crippen LogP contribution in [0, 0.1) is 0 Å². The summed E-state index contributed by atoms with van der Waals surface area (Å²) < 4.78 is 11.7. The van der Waals surface area contributed by atoms with E-state index in [4.69, 9.17) is 9.47 Å². The number of rotatable bonds is 16. The first kappa shape index (κ1) is 26.1. The van der Waals surface area contributed by atoms with Crippen LogP contribution < -0.4 is 0 Å². The third kappa shape index (κ3) is 10.2. The van der Waals surface area contributed by atoms with E-state index < -0.39 is 0 Å². The maximum absolute atomic E-state index is 6.15. The third-order valence-corrected chi connectivity index (χ3v) is 6.52. The zero-order chi connectivity index (χ0) is 20.9. The van der Waals surface area contributed by atoms with E-state index in [1.165, 1.54) is 64.2 Å². The van der Waals surface area contributed by atoms with Crippen LogP contribution >= 0.6 is 31.9 Å². The summed E-state index contributed by atoms with van der Waals surface area (Å²) in [4.78, 5) is 0. The van der Waals surface area contributed by atoms with E-state index in [-0.39, 0.29) is 8.65 Å². The van der Waals surface area contributed by atoms with Crippen molar-refractivity contribution >= 4 is 31.9 Å². The van der Waals surface area contributed by atoms with Crippen LogP contribution in [-0.2, 0) is 9.47 Å². The molecule has 4 heteroatoms. The minimum absolute atomic E-state index is 0.307. The van der Waals surface area contributed by atoms with Crippen LogP contribution in [0.5, 0.6) is 0 Å². The van der Waals surface area contributed by atoms with Crippen molar-refractivity contribution < 1.29 is 9.47 Å². The highest BCUT2D eigenvalue weighted by atomic mass is 79.9. The summed E-state index contributed by atoms with van der Waals surface area (Å²) in [6, 6.07) is 0. The summed E-state index contributed by atoms with van der Waals surface area (Å²) in [5.74, 6) is 1.96. The predicted octanol–water partition coefficient (Wildman–Crippen LogP) is 8.83. The van der Waals surface area contributed by atoms with E-state index in [1.54, 1.807) is 0 Å². The second-order valence-electron chi connectivity index (χ2n) is 8.40. The molecule has 0 N–H and O–H groups in total. The number of unbranched alkanes of at least 4 members (excludes halogenated alkanes) is 10. The van der Waals surface area contributed by atoms with Crippen molar-refractivity contribution in [2.24, 2.45) is 0 Å². The number of allylic oxidation sites excluding steroid dienone is 2. The van der Waals surface area contributed by atoms with Crippen LogP contribution in [0.2, 0.25) is 0 Å². The molecule has 0 fully saturated rings. The standard InChI is InChI=1S/C24H42Br2O2/c1-5-7-9-11-13-15-17-27-21-19-24(4,26)22(20-23(21,3)25)28-18-16-14-12-10-8-6-2/h19-20H,5-18H2,1-4H3. The summed E-state index contributed by atoms with van der Waals surface area (Å²) in [7, 11) is 0. The Balaban J connectivity index is 2.40. The van der Waals surface area contributed by atoms with Gasteiger partial charge in [0.2, 0.25) is 0 Å². The van der Waals surface area contributed by atoms with E-state index in [0.717, 1.165) is 37.6 Å². The molecule has 0 aromatic heterocycles. The van der Waals surface area contributed by atoms with Crippen LogP contribution in [0.3, 0.4) is 0 Å². The molecule has 0 amide bonds. The first-order valence-electron chi connectivity index (χ1n) is 11.4. The van der Waals surface area contributed by atoms with Gasteiger partial charge in [-0.2, -0.15) is 0 Å². The molecule has 0 saturated heterocycles. The van der Waals surface area contributed by atoms with Crippen molar-refractivity contribution in [2.45, 2.75) is 113 Å². The van der Waals surface area contributed by atoms with Gasteiger partial charge in [-0.25, -0.2) is 0 Å². The van der Waals surface area contributed by atoms with Crippen molar-refractivity contribution in [3.63, 3.8) is 0 Å². The predicted molar refractivity (Wildman–Crippen MR) is 129 cm³/mol. The SMILES string of the molecule is CCCCCCCCOC1=CC(C)(Br)C(OCCCCCCCC)=CC1(C)Br. The van der Waals surface area contributed by atoms with Gasteiger partial charge in [0.25, 0.3) is 0 Å². The van der Waals surface area contributed by atoms with Gasteiger partial charge >= 0.3 is 0 Å². The summed E-state index contributed by atoms with van der Waals surface area (Å²) in [5.41, 5.74) is 0. The maximum Gasteiger partial charge on any atom is 0.114 e. The molecule has 2 atom stereocenters. The molecular weight excluding hydrogens is 480 g/mol. The lowest BCUT2D eigenvalue weighted by molar-refractivity contribution is 0.166. The highest BCUT2D eigenvalue weighted by Gasteiger charge is 2.39. The van der Waals surface area contributed by atoms with Crippen LogP contribution in [-0.4, -0.2) is 21.9 Å². The first-order valence-corrected chi connectivity index (χ1v) is 13.0. The molecule has 2 unspecified atom stereocenters. The van der Waals surface area contributed by atoms with Crippen molar-refractivity contribution in [2.75, 3.05) is 13.2 Å². The quantitative estimate of drug-likeness (QED) is 0.149. The average Bonchev–Trinajstić information content (AvgIpc) is 2.63. The molecule has 164 valence electrons. The van der Waals surface area contributed by atoms with E-state index in [1.807, 2.05) is 0 Å². The molecule has 0 saturated carbocycles. The number of alkyl halides is 2. The van der Waals surface area contributed by atoms with Crippen molar-refractivity contribution in [1.82, 2.24) is 0 Å². The molecule has 0 aromatic rings. The van der Waals surface area contributed by atoms with Gasteiger partial charge in [-0.15, -0.1) is 0 Å². The molecule has 0 radical (unpaired) electrons. The van der Waals surface area contributed by atoms with Gasteiger partial charge in [0.1, 0.15) is 20.2 Å². The van der Waals surface area contributed by atoms with E-state index in [0.29, 0.717) is 0 Å². The van der Waals surface area contributed by atoms with Gasteiger partial charge < -0.3 is 9.47 Å². The van der Waals surface area contributed by atoms with Crippen LogP contribution in [0.25, 0.3) is 0 Å². The summed E-state index contributed by atoms with van der Waals surface area (Å²) in [6.45, 7) is 10.3. The van der Waals surface area contributed by atoms with Gasteiger partial charge in [0, 0.05) is 0 Å². The van der Waals surface area contributed by atoms with Gasteiger partial charge in [0.15, 0.2) is 0 Å². The molecule has 1 aliphatic rings. The lowest BCUT2D eigenvalue weighted by Crippen LogP contribution is -2.32. The maximum atomic E-state index is 6.15. The minimum Gasteiger partial charge on any atom is -0.496 e. The molecule has 28 heavy (non-hydrogen) atoms. The second kappa shape index (κ2) is 14.1. The van der Waals surface area contributed by atoms with E-state index in [2.05, 4.69) is 71.7 Å². The number of hydrogen-bond donors (Lipinski definition) is 0. The first-order chi connectivity index (χ1) is 13.3. The van der Waals surface area contributed by atoms with Crippen LogP contribution in [0.4, 0.5) is 0 Å². The zero-order valence-electron chi connectivity index (χ0n) is 18.6. The number of hydrogen-bond acceptors (Lipinski definition) is 2. The molecule has 1 rings (SSSR count). The van der Waals surface area contributed by atoms with E-state index in [9.17, 15) is 0 Å². The molecule has 0 heterocycles. The smallest absolute Gasteiger partial charge is 0.114 e. The van der Waals surface area contributed by atoms with Gasteiger partial charge in [0.05, 0.1) is 13.2 Å². The molecule has 0 aromatic carbocycles. The van der Waals surface area contributed by atoms with Gasteiger partial charge in [-0.05, 0) is 38.8 Å². The Morgan fingerprint density at radius 1 is 0.607 bits per heavy atom. The Morgan fingerprint density at radius 2 is 0.929 bits per heavy atom. The second-order valence-corrected chi connectivity index (χ2v) is 11.7. The fourth-order valence-corrected chi connectivity index (χ4v) is 4.29. The van der Waals surface area contributed by atoms with E-state index >= 15 is 0 Å². The Labute approximate surface area is 191 Å². The summed E-state index contributed by atoms with van der Waals surface area (Å²) >= 11 is 7.67. The fourth-order valence-electron chi connectivity index (χ4n) is 3.41. The molecule has 0 bridgehead atoms. The number of halogens is 2. The summed E-state index contributed by atoms with van der Waals surface area (Å²) in [6.07, 6.45) is 19.7. The Hall–Kier alpha value is 0.0400. The highest BCUT2D eigenvalue weighted by molar-refractivity contribution is 9.10. The Morgan fingerprint density at radius 3 is 1.29 bits per heavy atom. The van der Waals surface area contributed by atoms with Crippen molar-refractivity contribution in [3.8, 4) is 0 Å². The topological polar surface area (TPSA) is 18.5 Å². The lowest BCUT2D eigenvalue weighted by atomic mass is 9.94. The van der Waals surface area contributed by atoms with Gasteiger partial charge in [-0.3, -0.25) is 0 Å². The zero-order valence-corrected chi connectivity index (χ0v) is 21.8. The van der Waals surface area contributed by atoms with Crippen molar-refractivity contribution in [3.05, 3.63) is 23.7 Å². The monoisotopic (exact) mass is 520 g/mol. The number of ether oxygens (including phenoxy) is 2. The highest BCUT2D eigenvalue weighted by Crippen LogP contribution is 2.43. The average molecular weight is 522 g/mol.